The first-order chi connectivity index (χ1) is 16.1. The van der Waals surface area contributed by atoms with Crippen molar-refractivity contribution in [2.45, 2.75) is 52.6 Å². The molecule has 0 bridgehead atoms. The zero-order valence-corrected chi connectivity index (χ0v) is 21.9. The van der Waals surface area contributed by atoms with Crippen molar-refractivity contribution in [2.24, 2.45) is 5.92 Å². The SMILES string of the molecule is COc1cccc(OCC2c3ccsc3CCN2C(=O)CN(CC(C)C)C(=O)NC(C)(C)C)c1. The minimum atomic E-state index is -0.376. The van der Waals surface area contributed by atoms with E-state index in [9.17, 15) is 9.59 Å². The van der Waals surface area contributed by atoms with Gasteiger partial charge in [0.15, 0.2) is 0 Å². The highest BCUT2D eigenvalue weighted by Crippen LogP contribution is 2.34. The fourth-order valence-electron chi connectivity index (χ4n) is 4.05. The van der Waals surface area contributed by atoms with Crippen LogP contribution in [0.3, 0.4) is 0 Å². The molecule has 0 saturated heterocycles. The van der Waals surface area contributed by atoms with Crippen LogP contribution in [0.4, 0.5) is 4.79 Å². The highest BCUT2D eigenvalue weighted by Gasteiger charge is 2.34. The Hall–Kier alpha value is -2.74. The van der Waals surface area contributed by atoms with Crippen LogP contribution < -0.4 is 14.8 Å². The van der Waals surface area contributed by atoms with Gasteiger partial charge in [-0.1, -0.05) is 19.9 Å². The van der Waals surface area contributed by atoms with Crippen molar-refractivity contribution in [1.82, 2.24) is 15.1 Å². The molecule has 1 aromatic heterocycles. The first-order valence-corrected chi connectivity index (χ1v) is 12.6. The van der Waals surface area contributed by atoms with Crippen LogP contribution in [0.5, 0.6) is 11.5 Å². The minimum Gasteiger partial charge on any atom is -0.497 e. The van der Waals surface area contributed by atoms with E-state index < -0.39 is 0 Å². The van der Waals surface area contributed by atoms with E-state index in [4.69, 9.17) is 9.47 Å². The fraction of sp³-hybridized carbons (Fsp3) is 0.538. The predicted molar refractivity (Wildman–Crippen MR) is 136 cm³/mol. The molecule has 0 radical (unpaired) electrons. The molecule has 7 nitrogen and oxygen atoms in total. The summed E-state index contributed by atoms with van der Waals surface area (Å²) < 4.78 is 11.4. The number of rotatable bonds is 8. The summed E-state index contributed by atoms with van der Waals surface area (Å²) in [5, 5.41) is 5.06. The molecular formula is C26H37N3O4S. The maximum atomic E-state index is 13.5. The number of urea groups is 1. The Morgan fingerprint density at radius 3 is 2.65 bits per heavy atom. The van der Waals surface area contributed by atoms with Crippen LogP contribution in [0, 0.1) is 5.92 Å². The monoisotopic (exact) mass is 487 g/mol. The Labute approximate surface area is 207 Å². The molecule has 34 heavy (non-hydrogen) atoms. The summed E-state index contributed by atoms with van der Waals surface area (Å²) in [6.45, 7) is 11.4. The van der Waals surface area contributed by atoms with Gasteiger partial charge in [0.2, 0.25) is 5.91 Å². The van der Waals surface area contributed by atoms with Crippen LogP contribution in [0.25, 0.3) is 0 Å². The Bertz CT molecular complexity index is 982. The second kappa shape index (κ2) is 11.1. The molecule has 1 unspecified atom stereocenters. The van der Waals surface area contributed by atoms with Crippen LogP contribution in [0.2, 0.25) is 0 Å². The van der Waals surface area contributed by atoms with Crippen LogP contribution in [0.1, 0.15) is 51.1 Å². The van der Waals surface area contributed by atoms with Gasteiger partial charge in [0.25, 0.3) is 0 Å². The summed E-state index contributed by atoms with van der Waals surface area (Å²) >= 11 is 1.72. The number of methoxy groups -OCH3 is 1. The van der Waals surface area contributed by atoms with Crippen LogP contribution >= 0.6 is 11.3 Å². The first kappa shape index (κ1) is 25.9. The number of hydrogen-bond donors (Lipinski definition) is 1. The summed E-state index contributed by atoms with van der Waals surface area (Å²) in [7, 11) is 1.62. The fourth-order valence-corrected chi connectivity index (χ4v) is 4.98. The van der Waals surface area contributed by atoms with Gasteiger partial charge < -0.3 is 24.6 Å². The quantitative estimate of drug-likeness (QED) is 0.585. The van der Waals surface area contributed by atoms with Crippen molar-refractivity contribution in [3.05, 3.63) is 46.2 Å². The van der Waals surface area contributed by atoms with Gasteiger partial charge in [0.05, 0.1) is 13.2 Å². The number of benzene rings is 1. The lowest BCUT2D eigenvalue weighted by molar-refractivity contribution is -0.135. The average Bonchev–Trinajstić information content (AvgIpc) is 3.24. The third-order valence-electron chi connectivity index (χ3n) is 5.55. The second-order valence-electron chi connectivity index (χ2n) is 10.1. The van der Waals surface area contributed by atoms with Crippen molar-refractivity contribution >= 4 is 23.3 Å². The number of hydrogen-bond acceptors (Lipinski definition) is 5. The lowest BCUT2D eigenvalue weighted by Crippen LogP contribution is -2.53. The summed E-state index contributed by atoms with van der Waals surface area (Å²) in [5.41, 5.74) is 0.751. The zero-order valence-electron chi connectivity index (χ0n) is 21.1. The zero-order chi connectivity index (χ0) is 24.9. The molecule has 0 saturated carbocycles. The van der Waals surface area contributed by atoms with Crippen LogP contribution in [-0.4, -0.2) is 60.6 Å². The normalized spacial score (nSPS) is 15.6. The van der Waals surface area contributed by atoms with Crippen molar-refractivity contribution < 1.29 is 19.1 Å². The molecule has 1 aliphatic heterocycles. The number of nitrogens with zero attached hydrogens (tertiary/aromatic N) is 2. The molecule has 3 rings (SSSR count). The van der Waals surface area contributed by atoms with Gasteiger partial charge >= 0.3 is 6.03 Å². The largest absolute Gasteiger partial charge is 0.497 e. The number of carbonyl (C=O) groups excluding carboxylic acids is 2. The standard InChI is InChI=1S/C26H37N3O4S/c1-18(2)15-28(25(31)27-26(3,4)5)16-24(30)29-12-10-23-21(11-13-34-23)22(29)17-33-20-9-7-8-19(14-20)32-6/h7-9,11,13-14,18,22H,10,12,15-17H2,1-6H3,(H,27,31). The van der Waals surface area contributed by atoms with Gasteiger partial charge in [-0.2, -0.15) is 0 Å². The lowest BCUT2D eigenvalue weighted by Gasteiger charge is -2.37. The number of fused-ring (bicyclic) bond motifs is 1. The highest BCUT2D eigenvalue weighted by molar-refractivity contribution is 7.10. The van der Waals surface area contributed by atoms with E-state index in [-0.39, 0.29) is 36.0 Å². The third-order valence-corrected chi connectivity index (χ3v) is 6.54. The van der Waals surface area contributed by atoms with Gasteiger partial charge in [-0.15, -0.1) is 11.3 Å². The molecule has 1 atom stereocenters. The molecule has 0 aliphatic carbocycles. The molecule has 0 fully saturated rings. The lowest BCUT2D eigenvalue weighted by atomic mass is 10.0. The van der Waals surface area contributed by atoms with Gasteiger partial charge in [-0.25, -0.2) is 4.79 Å². The Morgan fingerprint density at radius 2 is 1.97 bits per heavy atom. The van der Waals surface area contributed by atoms with E-state index in [2.05, 4.69) is 16.8 Å². The molecule has 0 spiro atoms. The second-order valence-corrected chi connectivity index (χ2v) is 11.1. The smallest absolute Gasteiger partial charge is 0.318 e. The summed E-state index contributed by atoms with van der Waals surface area (Å²) in [6, 6.07) is 9.12. The molecule has 3 amide bonds. The molecule has 1 aliphatic rings. The van der Waals surface area contributed by atoms with Gasteiger partial charge in [-0.3, -0.25) is 4.79 Å². The van der Waals surface area contributed by atoms with Crippen molar-refractivity contribution in [3.8, 4) is 11.5 Å². The van der Waals surface area contributed by atoms with E-state index >= 15 is 0 Å². The molecule has 1 N–H and O–H groups in total. The number of carbonyl (C=O) groups is 2. The van der Waals surface area contributed by atoms with E-state index in [1.807, 2.05) is 63.8 Å². The maximum Gasteiger partial charge on any atom is 0.318 e. The Balaban J connectivity index is 1.77. The van der Waals surface area contributed by atoms with E-state index in [0.717, 1.165) is 17.7 Å². The molecule has 186 valence electrons. The predicted octanol–water partition coefficient (Wildman–Crippen LogP) is 4.73. The molecule has 2 heterocycles. The van der Waals surface area contributed by atoms with E-state index in [0.29, 0.717) is 25.4 Å². The number of amides is 3. The number of ether oxygens (including phenoxy) is 2. The summed E-state index contributed by atoms with van der Waals surface area (Å²) in [4.78, 5) is 31.3. The Kier molecular flexibility index (Phi) is 8.47. The number of thiophene rings is 1. The van der Waals surface area contributed by atoms with Crippen molar-refractivity contribution in [3.63, 3.8) is 0 Å². The summed E-state index contributed by atoms with van der Waals surface area (Å²) in [6.07, 6.45) is 0.812. The molecular weight excluding hydrogens is 450 g/mol. The number of nitrogens with one attached hydrogen (secondary N) is 1. The Morgan fingerprint density at radius 1 is 1.24 bits per heavy atom. The van der Waals surface area contributed by atoms with Crippen molar-refractivity contribution in [1.29, 1.82) is 0 Å². The molecule has 1 aromatic carbocycles. The molecule has 2 aromatic rings. The minimum absolute atomic E-state index is 0.0369. The average molecular weight is 488 g/mol. The topological polar surface area (TPSA) is 71.1 Å². The maximum absolute atomic E-state index is 13.5. The van der Waals surface area contributed by atoms with Gasteiger partial charge in [0, 0.05) is 29.6 Å². The molecule has 8 heteroatoms. The van der Waals surface area contributed by atoms with Gasteiger partial charge in [0.1, 0.15) is 24.7 Å². The van der Waals surface area contributed by atoms with Crippen molar-refractivity contribution in [2.75, 3.05) is 33.4 Å². The third kappa shape index (κ3) is 6.88. The van der Waals surface area contributed by atoms with Crippen LogP contribution in [-0.2, 0) is 11.2 Å². The first-order valence-electron chi connectivity index (χ1n) is 11.8. The highest BCUT2D eigenvalue weighted by atomic mass is 32.1. The van der Waals surface area contributed by atoms with Gasteiger partial charge in [-0.05, 0) is 62.3 Å². The van der Waals surface area contributed by atoms with Crippen LogP contribution in [0.15, 0.2) is 35.7 Å². The summed E-state index contributed by atoms with van der Waals surface area (Å²) in [5.74, 6) is 1.59. The van der Waals surface area contributed by atoms with E-state index in [1.54, 1.807) is 23.3 Å². The van der Waals surface area contributed by atoms with E-state index in [1.165, 1.54) is 4.88 Å².